The smallest absolute Gasteiger partial charge is 0.170 e. The van der Waals surface area contributed by atoms with E-state index in [1.165, 1.54) is 6.42 Å². The second-order valence-corrected chi connectivity index (χ2v) is 5.49. The fourth-order valence-electron chi connectivity index (χ4n) is 1.31. The van der Waals surface area contributed by atoms with Gasteiger partial charge in [0, 0.05) is 16.6 Å². The Morgan fingerprint density at radius 1 is 1.44 bits per heavy atom. The van der Waals surface area contributed by atoms with Crippen LogP contribution in [0.4, 0.5) is 0 Å². The first-order valence-corrected chi connectivity index (χ1v) is 7.04. The SMILES string of the molecule is CCC(C)SCCOc1ccc(/C(N)=N/O)cc1. The van der Waals surface area contributed by atoms with Gasteiger partial charge >= 0.3 is 0 Å². The van der Waals surface area contributed by atoms with Crippen LogP contribution in [-0.4, -0.2) is 28.7 Å². The summed E-state index contributed by atoms with van der Waals surface area (Å²) in [7, 11) is 0. The molecule has 0 aliphatic heterocycles. The topological polar surface area (TPSA) is 67.8 Å². The van der Waals surface area contributed by atoms with Crippen LogP contribution in [0.25, 0.3) is 0 Å². The maximum absolute atomic E-state index is 8.54. The molecule has 0 saturated heterocycles. The number of oxime groups is 1. The van der Waals surface area contributed by atoms with E-state index in [1.807, 2.05) is 23.9 Å². The molecule has 4 nitrogen and oxygen atoms in total. The first-order chi connectivity index (χ1) is 8.67. The summed E-state index contributed by atoms with van der Waals surface area (Å²) in [4.78, 5) is 0. The van der Waals surface area contributed by atoms with Crippen molar-refractivity contribution >= 4 is 17.6 Å². The summed E-state index contributed by atoms with van der Waals surface area (Å²) in [5, 5.41) is 12.2. The average Bonchev–Trinajstić information content (AvgIpc) is 2.43. The van der Waals surface area contributed by atoms with Gasteiger partial charge in [0.15, 0.2) is 5.84 Å². The molecule has 1 aromatic carbocycles. The molecule has 0 aliphatic carbocycles. The maximum Gasteiger partial charge on any atom is 0.170 e. The number of nitrogens with two attached hydrogens (primary N) is 1. The van der Waals surface area contributed by atoms with Crippen molar-refractivity contribution in [3.05, 3.63) is 29.8 Å². The van der Waals surface area contributed by atoms with Gasteiger partial charge in [-0.3, -0.25) is 0 Å². The van der Waals surface area contributed by atoms with Gasteiger partial charge in [-0.25, -0.2) is 0 Å². The fraction of sp³-hybridized carbons (Fsp3) is 0.462. The van der Waals surface area contributed by atoms with Crippen molar-refractivity contribution in [1.29, 1.82) is 0 Å². The molecule has 3 N–H and O–H groups in total. The Labute approximate surface area is 112 Å². The predicted molar refractivity (Wildman–Crippen MR) is 76.7 cm³/mol. The second kappa shape index (κ2) is 7.87. The summed E-state index contributed by atoms with van der Waals surface area (Å²) in [5.41, 5.74) is 6.15. The van der Waals surface area contributed by atoms with Crippen molar-refractivity contribution in [3.8, 4) is 5.75 Å². The largest absolute Gasteiger partial charge is 0.493 e. The van der Waals surface area contributed by atoms with E-state index in [0.29, 0.717) is 17.4 Å². The minimum atomic E-state index is 0.105. The Hall–Kier alpha value is -1.36. The molecule has 0 bridgehead atoms. The quantitative estimate of drug-likeness (QED) is 0.262. The molecule has 18 heavy (non-hydrogen) atoms. The highest BCUT2D eigenvalue weighted by Gasteiger charge is 2.01. The van der Waals surface area contributed by atoms with Gasteiger partial charge < -0.3 is 15.7 Å². The Kier molecular flexibility index (Phi) is 6.43. The van der Waals surface area contributed by atoms with Crippen LogP contribution >= 0.6 is 11.8 Å². The molecule has 0 fully saturated rings. The van der Waals surface area contributed by atoms with Crippen molar-refractivity contribution in [3.63, 3.8) is 0 Å². The summed E-state index contributed by atoms with van der Waals surface area (Å²) >= 11 is 1.91. The van der Waals surface area contributed by atoms with E-state index < -0.39 is 0 Å². The number of thioether (sulfide) groups is 1. The molecule has 0 aromatic heterocycles. The third-order valence-corrected chi connectivity index (χ3v) is 3.89. The van der Waals surface area contributed by atoms with Crippen molar-refractivity contribution in [2.24, 2.45) is 10.9 Å². The minimum Gasteiger partial charge on any atom is -0.493 e. The lowest BCUT2D eigenvalue weighted by Gasteiger charge is -2.09. The van der Waals surface area contributed by atoms with Gasteiger partial charge in [-0.05, 0) is 30.7 Å². The zero-order valence-corrected chi connectivity index (χ0v) is 11.6. The molecule has 100 valence electrons. The highest BCUT2D eigenvalue weighted by Crippen LogP contribution is 2.15. The molecule has 0 saturated carbocycles. The molecule has 1 atom stereocenters. The molecule has 0 heterocycles. The molecule has 0 aliphatic rings. The molecule has 5 heteroatoms. The van der Waals surface area contributed by atoms with Crippen LogP contribution in [0, 0.1) is 0 Å². The predicted octanol–water partition coefficient (Wildman–Crippen LogP) is 2.69. The Morgan fingerprint density at radius 2 is 2.11 bits per heavy atom. The molecule has 1 aromatic rings. The monoisotopic (exact) mass is 268 g/mol. The van der Waals surface area contributed by atoms with Crippen LogP contribution in [0.15, 0.2) is 29.4 Å². The van der Waals surface area contributed by atoms with Gasteiger partial charge in [-0.1, -0.05) is 19.0 Å². The van der Waals surface area contributed by atoms with Crippen molar-refractivity contribution in [1.82, 2.24) is 0 Å². The summed E-state index contributed by atoms with van der Waals surface area (Å²) in [6, 6.07) is 7.18. The number of amidine groups is 1. The Bertz CT molecular complexity index is 379. The number of rotatable bonds is 7. The van der Waals surface area contributed by atoms with Crippen LogP contribution in [0.3, 0.4) is 0 Å². The first-order valence-electron chi connectivity index (χ1n) is 5.99. The fourth-order valence-corrected chi connectivity index (χ4v) is 2.12. The number of ether oxygens (including phenoxy) is 1. The van der Waals surface area contributed by atoms with Gasteiger partial charge in [0.05, 0.1) is 6.61 Å². The highest BCUT2D eigenvalue weighted by atomic mass is 32.2. The molecule has 1 unspecified atom stereocenters. The molecular weight excluding hydrogens is 248 g/mol. The van der Waals surface area contributed by atoms with Gasteiger partial charge in [0.1, 0.15) is 5.75 Å². The van der Waals surface area contributed by atoms with Crippen LogP contribution in [-0.2, 0) is 0 Å². The lowest BCUT2D eigenvalue weighted by molar-refractivity contribution is 0.318. The molecule has 1 rings (SSSR count). The van der Waals surface area contributed by atoms with Crippen molar-refractivity contribution in [2.75, 3.05) is 12.4 Å². The Morgan fingerprint density at radius 3 is 2.67 bits per heavy atom. The third kappa shape index (κ3) is 4.87. The van der Waals surface area contributed by atoms with Crippen LogP contribution in [0.2, 0.25) is 0 Å². The minimum absolute atomic E-state index is 0.105. The number of nitrogens with zero attached hydrogens (tertiary/aromatic N) is 1. The average molecular weight is 268 g/mol. The van der Waals surface area contributed by atoms with E-state index >= 15 is 0 Å². The lowest BCUT2D eigenvalue weighted by Crippen LogP contribution is -2.12. The second-order valence-electron chi connectivity index (χ2n) is 3.95. The van der Waals surface area contributed by atoms with Gasteiger partial charge in [0.2, 0.25) is 0 Å². The molecular formula is C13H20N2O2S. The standard InChI is InChI=1S/C13H20N2O2S/c1-3-10(2)18-9-8-17-12-6-4-11(5-7-12)13(14)15-16/h4-7,10,16H,3,8-9H2,1-2H3,(H2,14,15). The van der Waals surface area contributed by atoms with E-state index in [4.69, 9.17) is 15.7 Å². The maximum atomic E-state index is 8.54. The summed E-state index contributed by atoms with van der Waals surface area (Å²) in [6.07, 6.45) is 1.18. The summed E-state index contributed by atoms with van der Waals surface area (Å²) < 4.78 is 5.61. The van der Waals surface area contributed by atoms with Crippen molar-refractivity contribution in [2.45, 2.75) is 25.5 Å². The zero-order valence-electron chi connectivity index (χ0n) is 10.8. The number of hydrogen-bond acceptors (Lipinski definition) is 4. The molecule has 0 spiro atoms. The number of hydrogen-bond donors (Lipinski definition) is 2. The number of benzene rings is 1. The van der Waals surface area contributed by atoms with Gasteiger partial charge in [-0.15, -0.1) is 0 Å². The normalized spacial score (nSPS) is 13.3. The van der Waals surface area contributed by atoms with Crippen LogP contribution in [0.5, 0.6) is 5.75 Å². The first kappa shape index (κ1) is 14.7. The van der Waals surface area contributed by atoms with Crippen LogP contribution in [0.1, 0.15) is 25.8 Å². The summed E-state index contributed by atoms with van der Waals surface area (Å²) in [6.45, 7) is 5.10. The van der Waals surface area contributed by atoms with E-state index in [-0.39, 0.29) is 5.84 Å². The van der Waals surface area contributed by atoms with E-state index in [9.17, 15) is 0 Å². The van der Waals surface area contributed by atoms with E-state index in [1.54, 1.807) is 12.1 Å². The van der Waals surface area contributed by atoms with E-state index in [2.05, 4.69) is 19.0 Å². The summed E-state index contributed by atoms with van der Waals surface area (Å²) in [5.74, 6) is 1.89. The van der Waals surface area contributed by atoms with Crippen molar-refractivity contribution < 1.29 is 9.94 Å². The van der Waals surface area contributed by atoms with Gasteiger partial charge in [-0.2, -0.15) is 11.8 Å². The molecule has 0 amide bonds. The van der Waals surface area contributed by atoms with E-state index in [0.717, 1.165) is 11.5 Å². The Balaban J connectivity index is 2.36. The zero-order chi connectivity index (χ0) is 13.4. The third-order valence-electron chi connectivity index (χ3n) is 2.59. The van der Waals surface area contributed by atoms with Crippen LogP contribution < -0.4 is 10.5 Å². The highest BCUT2D eigenvalue weighted by molar-refractivity contribution is 7.99. The van der Waals surface area contributed by atoms with Gasteiger partial charge in [0.25, 0.3) is 0 Å². The lowest BCUT2D eigenvalue weighted by atomic mass is 10.2. The molecule has 0 radical (unpaired) electrons.